The highest BCUT2D eigenvalue weighted by Gasteiger charge is 2.13. The molecule has 2 rings (SSSR count). The molecule has 0 bridgehead atoms. The SMILES string of the molecule is N#CCCCn1c(C(=O)O)cc2ccccc21. The molecular weight excluding hydrogens is 216 g/mol. The Morgan fingerprint density at radius 3 is 2.88 bits per heavy atom. The molecule has 17 heavy (non-hydrogen) atoms. The third-order valence-corrected chi connectivity index (χ3v) is 2.70. The van der Waals surface area contributed by atoms with E-state index in [9.17, 15) is 4.79 Å². The van der Waals surface area contributed by atoms with E-state index in [2.05, 4.69) is 6.07 Å². The number of nitrogens with zero attached hydrogens (tertiary/aromatic N) is 2. The maximum Gasteiger partial charge on any atom is 0.352 e. The average Bonchev–Trinajstić information content (AvgIpc) is 2.69. The molecule has 0 aliphatic carbocycles. The predicted molar refractivity (Wildman–Crippen MR) is 63.7 cm³/mol. The summed E-state index contributed by atoms with van der Waals surface area (Å²) in [5.74, 6) is -0.932. The summed E-state index contributed by atoms with van der Waals surface area (Å²) >= 11 is 0. The zero-order valence-electron chi connectivity index (χ0n) is 9.26. The molecule has 4 nitrogen and oxygen atoms in total. The van der Waals surface area contributed by atoms with Crippen LogP contribution in [0.25, 0.3) is 10.9 Å². The highest BCUT2D eigenvalue weighted by molar-refractivity contribution is 5.94. The van der Waals surface area contributed by atoms with Crippen LogP contribution in [0.1, 0.15) is 23.3 Å². The first kappa shape index (κ1) is 11.2. The van der Waals surface area contributed by atoms with E-state index in [0.717, 1.165) is 10.9 Å². The first-order valence-corrected chi connectivity index (χ1v) is 5.42. The van der Waals surface area contributed by atoms with Crippen LogP contribution in [0.5, 0.6) is 0 Å². The number of benzene rings is 1. The lowest BCUT2D eigenvalue weighted by atomic mass is 10.2. The monoisotopic (exact) mass is 228 g/mol. The van der Waals surface area contributed by atoms with Crippen molar-refractivity contribution in [3.8, 4) is 6.07 Å². The molecule has 1 aromatic heterocycles. The van der Waals surface area contributed by atoms with Gasteiger partial charge < -0.3 is 9.67 Å². The van der Waals surface area contributed by atoms with Crippen molar-refractivity contribution in [1.29, 1.82) is 5.26 Å². The molecule has 0 atom stereocenters. The molecule has 0 fully saturated rings. The minimum absolute atomic E-state index is 0.282. The second kappa shape index (κ2) is 4.71. The lowest BCUT2D eigenvalue weighted by Gasteiger charge is -2.06. The van der Waals surface area contributed by atoms with Gasteiger partial charge in [0.15, 0.2) is 0 Å². The van der Waals surface area contributed by atoms with E-state index in [-0.39, 0.29) is 5.69 Å². The van der Waals surface area contributed by atoms with Gasteiger partial charge in [0.05, 0.1) is 6.07 Å². The Morgan fingerprint density at radius 2 is 2.18 bits per heavy atom. The minimum atomic E-state index is -0.932. The number of rotatable bonds is 4. The van der Waals surface area contributed by atoms with Crippen LogP contribution in [0.4, 0.5) is 0 Å². The second-order valence-corrected chi connectivity index (χ2v) is 3.81. The van der Waals surface area contributed by atoms with Crippen LogP contribution in [0.2, 0.25) is 0 Å². The van der Waals surface area contributed by atoms with Gasteiger partial charge in [-0.2, -0.15) is 5.26 Å². The van der Waals surface area contributed by atoms with Gasteiger partial charge in [0.2, 0.25) is 0 Å². The Hall–Kier alpha value is -2.28. The molecule has 1 N–H and O–H groups in total. The molecule has 1 aromatic carbocycles. The highest BCUT2D eigenvalue weighted by Crippen LogP contribution is 2.20. The molecule has 86 valence electrons. The third-order valence-electron chi connectivity index (χ3n) is 2.70. The summed E-state index contributed by atoms with van der Waals surface area (Å²) < 4.78 is 1.76. The number of hydrogen-bond acceptors (Lipinski definition) is 2. The maximum absolute atomic E-state index is 11.1. The van der Waals surface area contributed by atoms with Gasteiger partial charge in [-0.05, 0) is 18.6 Å². The molecule has 0 unspecified atom stereocenters. The van der Waals surface area contributed by atoms with Gasteiger partial charge in [-0.1, -0.05) is 18.2 Å². The zero-order chi connectivity index (χ0) is 12.3. The van der Waals surface area contributed by atoms with Gasteiger partial charge in [-0.3, -0.25) is 0 Å². The minimum Gasteiger partial charge on any atom is -0.477 e. The molecule has 2 aromatic rings. The van der Waals surface area contributed by atoms with E-state index >= 15 is 0 Å². The Labute approximate surface area is 98.7 Å². The number of hydrogen-bond donors (Lipinski definition) is 1. The normalized spacial score (nSPS) is 10.3. The predicted octanol–water partition coefficient (Wildman–Crippen LogP) is 2.64. The zero-order valence-corrected chi connectivity index (χ0v) is 9.26. The summed E-state index contributed by atoms with van der Waals surface area (Å²) in [4.78, 5) is 11.1. The molecule has 0 aliphatic heterocycles. The Morgan fingerprint density at radius 1 is 1.41 bits per heavy atom. The van der Waals surface area contributed by atoms with Crippen molar-refractivity contribution < 1.29 is 9.90 Å². The smallest absolute Gasteiger partial charge is 0.352 e. The van der Waals surface area contributed by atoms with Crippen LogP contribution in [0.3, 0.4) is 0 Å². The number of aromatic carboxylic acids is 1. The molecular formula is C13H12N2O2. The molecule has 0 spiro atoms. The Balaban J connectivity index is 2.45. The van der Waals surface area contributed by atoms with Crippen molar-refractivity contribution in [1.82, 2.24) is 4.57 Å². The largest absolute Gasteiger partial charge is 0.477 e. The summed E-state index contributed by atoms with van der Waals surface area (Å²) in [6.07, 6.45) is 1.10. The molecule has 0 amide bonds. The Bertz CT molecular complexity index is 593. The van der Waals surface area contributed by atoms with Crippen LogP contribution in [0.15, 0.2) is 30.3 Å². The topological polar surface area (TPSA) is 66.0 Å². The van der Waals surface area contributed by atoms with Gasteiger partial charge >= 0.3 is 5.97 Å². The van der Waals surface area contributed by atoms with Gasteiger partial charge in [0, 0.05) is 23.9 Å². The molecule has 1 heterocycles. The van der Waals surface area contributed by atoms with Crippen LogP contribution >= 0.6 is 0 Å². The standard InChI is InChI=1S/C13H12N2O2/c14-7-3-4-8-15-11-6-2-1-5-10(11)9-12(15)13(16)17/h1-2,5-6,9H,3-4,8H2,(H,16,17). The first-order chi connectivity index (χ1) is 8.24. The van der Waals surface area contributed by atoms with E-state index < -0.39 is 5.97 Å². The molecule has 0 saturated carbocycles. The molecule has 0 radical (unpaired) electrons. The van der Waals surface area contributed by atoms with Gasteiger partial charge in [-0.15, -0.1) is 0 Å². The molecule has 0 aliphatic rings. The number of unbranched alkanes of at least 4 members (excludes halogenated alkanes) is 1. The molecule has 4 heteroatoms. The van der Waals surface area contributed by atoms with Crippen molar-refractivity contribution in [2.45, 2.75) is 19.4 Å². The van der Waals surface area contributed by atoms with Gasteiger partial charge in [0.25, 0.3) is 0 Å². The lowest BCUT2D eigenvalue weighted by Crippen LogP contribution is -2.08. The van der Waals surface area contributed by atoms with Gasteiger partial charge in [0.1, 0.15) is 5.69 Å². The highest BCUT2D eigenvalue weighted by atomic mass is 16.4. The van der Waals surface area contributed by atoms with Crippen LogP contribution in [0, 0.1) is 11.3 Å². The van der Waals surface area contributed by atoms with Crippen molar-refractivity contribution in [2.75, 3.05) is 0 Å². The van der Waals surface area contributed by atoms with Crippen LogP contribution in [-0.4, -0.2) is 15.6 Å². The number of carbonyl (C=O) groups is 1. The van der Waals surface area contributed by atoms with Gasteiger partial charge in [-0.25, -0.2) is 4.79 Å². The number of nitriles is 1. The number of aryl methyl sites for hydroxylation is 1. The number of carboxylic acids is 1. The first-order valence-electron chi connectivity index (χ1n) is 5.42. The van der Waals surface area contributed by atoms with Crippen LogP contribution in [-0.2, 0) is 6.54 Å². The van der Waals surface area contributed by atoms with Crippen LogP contribution < -0.4 is 0 Å². The average molecular weight is 228 g/mol. The summed E-state index contributed by atoms with van der Waals surface area (Å²) in [6, 6.07) is 11.3. The number of aromatic nitrogens is 1. The van der Waals surface area contributed by atoms with Crippen molar-refractivity contribution in [3.05, 3.63) is 36.0 Å². The summed E-state index contributed by atoms with van der Waals surface area (Å²) in [5.41, 5.74) is 1.19. The second-order valence-electron chi connectivity index (χ2n) is 3.81. The fraction of sp³-hybridized carbons (Fsp3) is 0.231. The quantitative estimate of drug-likeness (QED) is 0.818. The number of fused-ring (bicyclic) bond motifs is 1. The fourth-order valence-electron chi connectivity index (χ4n) is 1.94. The summed E-state index contributed by atoms with van der Waals surface area (Å²) in [7, 11) is 0. The summed E-state index contributed by atoms with van der Waals surface area (Å²) in [5, 5.41) is 18.6. The third kappa shape index (κ3) is 2.13. The summed E-state index contributed by atoms with van der Waals surface area (Å²) in [6.45, 7) is 0.558. The number of carboxylic acid groups (broad SMARTS) is 1. The van der Waals surface area contributed by atoms with E-state index in [1.807, 2.05) is 24.3 Å². The fourth-order valence-corrected chi connectivity index (χ4v) is 1.94. The Kier molecular flexibility index (Phi) is 3.10. The van der Waals surface area contributed by atoms with Crippen molar-refractivity contribution in [2.24, 2.45) is 0 Å². The van der Waals surface area contributed by atoms with Crippen molar-refractivity contribution in [3.63, 3.8) is 0 Å². The van der Waals surface area contributed by atoms with E-state index in [1.54, 1.807) is 10.6 Å². The van der Waals surface area contributed by atoms with E-state index in [4.69, 9.17) is 10.4 Å². The van der Waals surface area contributed by atoms with E-state index in [1.165, 1.54) is 0 Å². The van der Waals surface area contributed by atoms with Crippen molar-refractivity contribution >= 4 is 16.9 Å². The maximum atomic E-state index is 11.1. The number of para-hydroxylation sites is 1. The van der Waals surface area contributed by atoms with E-state index in [0.29, 0.717) is 19.4 Å². The lowest BCUT2D eigenvalue weighted by molar-refractivity contribution is 0.0685. The molecule has 0 saturated heterocycles.